The van der Waals surface area contributed by atoms with Gasteiger partial charge in [0.25, 0.3) is 0 Å². The van der Waals surface area contributed by atoms with Crippen LogP contribution in [0.15, 0.2) is 0 Å². The Morgan fingerprint density at radius 3 is 2.59 bits per heavy atom. The number of carbonyl (C=O) groups is 1. The van der Waals surface area contributed by atoms with E-state index in [1.165, 1.54) is 4.90 Å². The summed E-state index contributed by atoms with van der Waals surface area (Å²) < 4.78 is 27.4. The molecule has 0 aromatic carbocycles. The fraction of sp³-hybridized carbons (Fsp3) is 0.900. The topological polar surface area (TPSA) is 83.9 Å². The van der Waals surface area contributed by atoms with E-state index < -0.39 is 15.9 Å². The molecule has 2 heterocycles. The van der Waals surface area contributed by atoms with Crippen molar-refractivity contribution >= 4 is 15.9 Å². The molecule has 1 atom stereocenters. The number of aliphatic hydroxyl groups is 1. The molecule has 0 spiro atoms. The summed E-state index contributed by atoms with van der Waals surface area (Å²) in [5, 5.41) is 9.10. The SMILES string of the molecule is O=C1OCC(CO)N1CC1CCS(=O)(=O)CC1. The molecule has 2 saturated heterocycles. The van der Waals surface area contributed by atoms with Crippen LogP contribution in [0, 0.1) is 5.92 Å². The summed E-state index contributed by atoms with van der Waals surface area (Å²) in [6.45, 7) is 0.594. The number of sulfone groups is 1. The maximum atomic E-state index is 11.4. The average Bonchev–Trinajstić information content (AvgIpc) is 2.63. The van der Waals surface area contributed by atoms with Crippen LogP contribution in [0.5, 0.6) is 0 Å². The number of nitrogens with zero attached hydrogens (tertiary/aromatic N) is 1. The molecule has 98 valence electrons. The molecule has 7 heteroatoms. The summed E-state index contributed by atoms with van der Waals surface area (Å²) in [4.78, 5) is 12.9. The summed E-state index contributed by atoms with van der Waals surface area (Å²) in [5.41, 5.74) is 0. The molecule has 0 radical (unpaired) electrons. The quantitative estimate of drug-likeness (QED) is 0.750. The molecule has 0 aromatic rings. The Balaban J connectivity index is 1.91. The molecular formula is C10H17NO5S. The van der Waals surface area contributed by atoms with Crippen molar-refractivity contribution in [2.45, 2.75) is 18.9 Å². The van der Waals surface area contributed by atoms with E-state index in [1.54, 1.807) is 0 Å². The van der Waals surface area contributed by atoms with E-state index in [1.807, 2.05) is 0 Å². The highest BCUT2D eigenvalue weighted by atomic mass is 32.2. The van der Waals surface area contributed by atoms with Crippen molar-refractivity contribution in [3.63, 3.8) is 0 Å². The first-order valence-electron chi connectivity index (χ1n) is 5.76. The fourth-order valence-corrected chi connectivity index (χ4v) is 3.85. The number of hydrogen-bond acceptors (Lipinski definition) is 5. The first kappa shape index (κ1) is 12.6. The summed E-state index contributed by atoms with van der Waals surface area (Å²) in [6, 6.07) is -0.277. The Kier molecular flexibility index (Phi) is 3.58. The molecule has 1 amide bonds. The summed E-state index contributed by atoms with van der Waals surface area (Å²) in [6.07, 6.45) is 0.770. The monoisotopic (exact) mass is 263 g/mol. The zero-order chi connectivity index (χ0) is 12.5. The smallest absolute Gasteiger partial charge is 0.410 e. The largest absolute Gasteiger partial charge is 0.447 e. The van der Waals surface area contributed by atoms with Crippen LogP contribution in [0.2, 0.25) is 0 Å². The number of aliphatic hydroxyl groups excluding tert-OH is 1. The second kappa shape index (κ2) is 4.81. The van der Waals surface area contributed by atoms with Gasteiger partial charge in [0.15, 0.2) is 0 Å². The second-order valence-electron chi connectivity index (χ2n) is 4.66. The molecule has 17 heavy (non-hydrogen) atoms. The predicted octanol–water partition coefficient (Wildman–Crippen LogP) is -0.376. The van der Waals surface area contributed by atoms with Gasteiger partial charge in [-0.1, -0.05) is 0 Å². The van der Waals surface area contributed by atoms with Gasteiger partial charge >= 0.3 is 6.09 Å². The molecule has 0 aliphatic carbocycles. The van der Waals surface area contributed by atoms with Gasteiger partial charge in [0.1, 0.15) is 16.4 Å². The molecule has 2 rings (SSSR count). The lowest BCUT2D eigenvalue weighted by atomic mass is 10.0. The number of hydrogen-bond donors (Lipinski definition) is 1. The van der Waals surface area contributed by atoms with Crippen LogP contribution in [-0.4, -0.2) is 61.8 Å². The number of amides is 1. The van der Waals surface area contributed by atoms with E-state index in [-0.39, 0.29) is 36.7 Å². The van der Waals surface area contributed by atoms with Gasteiger partial charge in [-0.15, -0.1) is 0 Å². The van der Waals surface area contributed by atoms with Gasteiger partial charge in [-0.3, -0.25) is 4.90 Å². The van der Waals surface area contributed by atoms with Crippen molar-refractivity contribution in [2.24, 2.45) is 5.92 Å². The highest BCUT2D eigenvalue weighted by molar-refractivity contribution is 7.91. The lowest BCUT2D eigenvalue weighted by Gasteiger charge is -2.28. The van der Waals surface area contributed by atoms with Crippen molar-refractivity contribution in [1.82, 2.24) is 4.90 Å². The van der Waals surface area contributed by atoms with Gasteiger partial charge in [0.2, 0.25) is 0 Å². The van der Waals surface area contributed by atoms with Crippen LogP contribution in [0.1, 0.15) is 12.8 Å². The van der Waals surface area contributed by atoms with Crippen molar-refractivity contribution in [2.75, 3.05) is 31.3 Å². The molecule has 2 fully saturated rings. The molecule has 0 bridgehead atoms. The minimum Gasteiger partial charge on any atom is -0.447 e. The van der Waals surface area contributed by atoms with Crippen LogP contribution in [-0.2, 0) is 14.6 Å². The molecule has 2 aliphatic heterocycles. The Bertz CT molecular complexity index is 380. The standard InChI is InChI=1S/C10H17NO5S/c12-6-9-7-16-10(13)11(9)5-8-1-3-17(14,15)4-2-8/h8-9,12H,1-7H2. The molecule has 1 unspecified atom stereocenters. The number of carbonyl (C=O) groups excluding carboxylic acids is 1. The fourth-order valence-electron chi connectivity index (χ4n) is 2.26. The van der Waals surface area contributed by atoms with Crippen molar-refractivity contribution in [1.29, 1.82) is 0 Å². The van der Waals surface area contributed by atoms with E-state index >= 15 is 0 Å². The first-order chi connectivity index (χ1) is 8.02. The third kappa shape index (κ3) is 2.90. The maximum Gasteiger partial charge on any atom is 0.410 e. The van der Waals surface area contributed by atoms with Crippen LogP contribution in [0.4, 0.5) is 4.79 Å². The van der Waals surface area contributed by atoms with Crippen molar-refractivity contribution in [3.8, 4) is 0 Å². The Morgan fingerprint density at radius 2 is 2.00 bits per heavy atom. The molecule has 6 nitrogen and oxygen atoms in total. The van der Waals surface area contributed by atoms with Crippen LogP contribution < -0.4 is 0 Å². The van der Waals surface area contributed by atoms with E-state index in [0.717, 1.165) is 0 Å². The zero-order valence-corrected chi connectivity index (χ0v) is 10.4. The van der Waals surface area contributed by atoms with Gasteiger partial charge in [-0.05, 0) is 18.8 Å². The minimum atomic E-state index is -2.87. The number of rotatable bonds is 3. The Labute approximate surface area is 100 Å². The minimum absolute atomic E-state index is 0.114. The van der Waals surface area contributed by atoms with Gasteiger partial charge < -0.3 is 9.84 Å². The van der Waals surface area contributed by atoms with Crippen LogP contribution in [0.3, 0.4) is 0 Å². The third-order valence-electron chi connectivity index (χ3n) is 3.41. The second-order valence-corrected chi connectivity index (χ2v) is 6.96. The average molecular weight is 263 g/mol. The highest BCUT2D eigenvalue weighted by Crippen LogP contribution is 2.23. The molecule has 0 saturated carbocycles. The maximum absolute atomic E-state index is 11.4. The zero-order valence-electron chi connectivity index (χ0n) is 9.54. The Hall–Kier alpha value is -0.820. The van der Waals surface area contributed by atoms with E-state index in [0.29, 0.717) is 19.4 Å². The summed E-state index contributed by atoms with van der Waals surface area (Å²) in [7, 11) is -2.87. The lowest BCUT2D eigenvalue weighted by molar-refractivity contribution is 0.143. The van der Waals surface area contributed by atoms with Crippen LogP contribution >= 0.6 is 0 Å². The summed E-state index contributed by atoms with van der Waals surface area (Å²) in [5.74, 6) is 0.590. The highest BCUT2D eigenvalue weighted by Gasteiger charge is 2.35. The van der Waals surface area contributed by atoms with Crippen LogP contribution in [0.25, 0.3) is 0 Å². The summed E-state index contributed by atoms with van der Waals surface area (Å²) >= 11 is 0. The molecule has 2 aliphatic rings. The van der Waals surface area contributed by atoms with E-state index in [2.05, 4.69) is 0 Å². The molecule has 0 aromatic heterocycles. The first-order valence-corrected chi connectivity index (χ1v) is 7.58. The van der Waals surface area contributed by atoms with Gasteiger partial charge in [0.05, 0.1) is 24.2 Å². The number of cyclic esters (lactones) is 1. The van der Waals surface area contributed by atoms with Crippen molar-refractivity contribution < 1.29 is 23.1 Å². The van der Waals surface area contributed by atoms with Gasteiger partial charge in [0, 0.05) is 6.54 Å². The molecule has 1 N–H and O–H groups in total. The Morgan fingerprint density at radius 1 is 1.35 bits per heavy atom. The van der Waals surface area contributed by atoms with Gasteiger partial charge in [-0.25, -0.2) is 13.2 Å². The lowest BCUT2D eigenvalue weighted by Crippen LogP contribution is -2.41. The van der Waals surface area contributed by atoms with E-state index in [9.17, 15) is 13.2 Å². The third-order valence-corrected chi connectivity index (χ3v) is 5.13. The number of ether oxygens (including phenoxy) is 1. The predicted molar refractivity (Wildman–Crippen MR) is 60.3 cm³/mol. The van der Waals surface area contributed by atoms with Crippen molar-refractivity contribution in [3.05, 3.63) is 0 Å². The normalized spacial score (nSPS) is 29.4. The van der Waals surface area contributed by atoms with Gasteiger partial charge in [-0.2, -0.15) is 0 Å². The molecular weight excluding hydrogens is 246 g/mol. The van der Waals surface area contributed by atoms with E-state index in [4.69, 9.17) is 9.84 Å².